The van der Waals surface area contributed by atoms with Crippen LogP contribution in [0.3, 0.4) is 0 Å². The molecular weight excluding hydrogens is 504 g/mol. The summed E-state index contributed by atoms with van der Waals surface area (Å²) in [5.74, 6) is -0.725. The Morgan fingerprint density at radius 1 is 0.821 bits per heavy atom. The second-order valence-electron chi connectivity index (χ2n) is 9.03. The van der Waals surface area contributed by atoms with E-state index in [1.54, 1.807) is 44.3 Å². The van der Waals surface area contributed by atoms with Crippen molar-refractivity contribution in [2.75, 3.05) is 45.3 Å². The van der Waals surface area contributed by atoms with Crippen molar-refractivity contribution in [1.29, 1.82) is 0 Å². The maximum absolute atomic E-state index is 12.1. The molecule has 216 valence electrons. The van der Waals surface area contributed by atoms with Crippen LogP contribution in [0.4, 0.5) is 10.5 Å². The molecule has 0 unspecified atom stereocenters. The number of rotatable bonds is 20. The standard InChI is InChI=1S/C28H42N4O7/c1-21(29-3)18-25(34)19-23-9-11-24(12-10-23)32-27(36)20-26(35)30-14-17-38-15-7-16-39-28(37)31-13-6-4-5-8-22(2)33/h9-12,18,29H,4-8,13-17,19-20H2,1-3H3,(H,30,35)(H,31,37)(H,32,36)/b21-18-. The van der Waals surface area contributed by atoms with E-state index in [1.165, 1.54) is 0 Å². The van der Waals surface area contributed by atoms with E-state index < -0.39 is 17.9 Å². The van der Waals surface area contributed by atoms with Crippen molar-refractivity contribution < 1.29 is 33.4 Å². The lowest BCUT2D eigenvalue weighted by Gasteiger charge is -2.09. The van der Waals surface area contributed by atoms with Crippen molar-refractivity contribution in [3.63, 3.8) is 0 Å². The summed E-state index contributed by atoms with van der Waals surface area (Å²) >= 11 is 0. The average Bonchev–Trinajstić information content (AvgIpc) is 2.88. The average molecular weight is 547 g/mol. The first kappa shape index (κ1) is 33.3. The highest BCUT2D eigenvalue weighted by molar-refractivity contribution is 6.03. The Kier molecular flexibility index (Phi) is 17.3. The fraction of sp³-hybridized carbons (Fsp3) is 0.536. The lowest BCUT2D eigenvalue weighted by molar-refractivity contribution is -0.127. The minimum atomic E-state index is -0.481. The molecule has 0 atom stereocenters. The Morgan fingerprint density at radius 3 is 2.26 bits per heavy atom. The largest absolute Gasteiger partial charge is 0.449 e. The number of allylic oxidation sites excluding steroid dienone is 2. The van der Waals surface area contributed by atoms with Crippen molar-refractivity contribution in [2.45, 2.75) is 58.8 Å². The number of unbranched alkanes of at least 4 members (excludes halogenated alkanes) is 2. The highest BCUT2D eigenvalue weighted by Crippen LogP contribution is 2.11. The van der Waals surface area contributed by atoms with E-state index in [0.717, 1.165) is 30.5 Å². The lowest BCUT2D eigenvalue weighted by atomic mass is 10.1. The molecule has 0 bridgehead atoms. The van der Waals surface area contributed by atoms with Crippen LogP contribution in [0.1, 0.15) is 57.9 Å². The van der Waals surface area contributed by atoms with Crippen LogP contribution in [0.25, 0.3) is 0 Å². The molecule has 0 aromatic heterocycles. The summed E-state index contributed by atoms with van der Waals surface area (Å²) in [6.07, 6.45) is 4.58. The van der Waals surface area contributed by atoms with Gasteiger partial charge in [-0.2, -0.15) is 0 Å². The molecule has 0 saturated carbocycles. The number of anilines is 1. The molecule has 0 aliphatic rings. The fourth-order valence-corrected chi connectivity index (χ4v) is 3.29. The highest BCUT2D eigenvalue weighted by atomic mass is 16.5. The zero-order valence-corrected chi connectivity index (χ0v) is 23.2. The molecule has 11 nitrogen and oxygen atoms in total. The smallest absolute Gasteiger partial charge is 0.407 e. The lowest BCUT2D eigenvalue weighted by Crippen LogP contribution is -2.31. The van der Waals surface area contributed by atoms with Crippen LogP contribution in [0.5, 0.6) is 0 Å². The van der Waals surface area contributed by atoms with Crippen molar-refractivity contribution in [2.24, 2.45) is 0 Å². The van der Waals surface area contributed by atoms with Gasteiger partial charge in [0.05, 0.1) is 13.2 Å². The number of carbonyl (C=O) groups is 5. The van der Waals surface area contributed by atoms with E-state index in [1.807, 2.05) is 6.92 Å². The first-order valence-electron chi connectivity index (χ1n) is 13.2. The predicted molar refractivity (Wildman–Crippen MR) is 148 cm³/mol. The third-order valence-electron chi connectivity index (χ3n) is 5.42. The van der Waals surface area contributed by atoms with Gasteiger partial charge in [-0.15, -0.1) is 0 Å². The summed E-state index contributed by atoms with van der Waals surface area (Å²) < 4.78 is 10.4. The van der Waals surface area contributed by atoms with E-state index in [9.17, 15) is 24.0 Å². The summed E-state index contributed by atoms with van der Waals surface area (Å²) in [5.41, 5.74) is 2.14. The second kappa shape index (κ2) is 20.3. The van der Waals surface area contributed by atoms with Crippen molar-refractivity contribution in [3.05, 3.63) is 41.6 Å². The van der Waals surface area contributed by atoms with Gasteiger partial charge in [-0.1, -0.05) is 18.6 Å². The number of benzene rings is 1. The molecule has 0 radical (unpaired) electrons. The summed E-state index contributed by atoms with van der Waals surface area (Å²) in [7, 11) is 1.75. The first-order chi connectivity index (χ1) is 18.7. The molecule has 0 aliphatic carbocycles. The van der Waals surface area contributed by atoms with Gasteiger partial charge in [0, 0.05) is 63.5 Å². The van der Waals surface area contributed by atoms with Gasteiger partial charge >= 0.3 is 6.09 Å². The fourth-order valence-electron chi connectivity index (χ4n) is 3.29. The van der Waals surface area contributed by atoms with E-state index in [0.29, 0.717) is 31.7 Å². The summed E-state index contributed by atoms with van der Waals surface area (Å²) in [4.78, 5) is 58.5. The first-order valence-corrected chi connectivity index (χ1v) is 13.2. The van der Waals surface area contributed by atoms with Gasteiger partial charge in [0.15, 0.2) is 5.78 Å². The maximum atomic E-state index is 12.1. The monoisotopic (exact) mass is 546 g/mol. The van der Waals surface area contributed by atoms with E-state index in [4.69, 9.17) is 9.47 Å². The van der Waals surface area contributed by atoms with Crippen LogP contribution < -0.4 is 21.3 Å². The third kappa shape index (κ3) is 18.2. The number of hydrogen-bond acceptors (Lipinski definition) is 8. The summed E-state index contributed by atoms with van der Waals surface area (Å²) in [5, 5.41) is 10.8. The number of alkyl carbamates (subject to hydrolysis) is 1. The Bertz CT molecular complexity index is 961. The molecule has 0 spiro atoms. The van der Waals surface area contributed by atoms with Crippen molar-refractivity contribution in [1.82, 2.24) is 16.0 Å². The molecule has 11 heteroatoms. The number of Topliss-reactive ketones (excluding diaryl/α,β-unsaturated/α-hetero) is 1. The van der Waals surface area contributed by atoms with Crippen LogP contribution in [0.15, 0.2) is 36.0 Å². The SMILES string of the molecule is CN/C(C)=C\C(=O)Cc1ccc(NC(=O)CC(=O)NCCOCCCOC(=O)NCCCCCC(C)=O)cc1. The van der Waals surface area contributed by atoms with Crippen LogP contribution >= 0.6 is 0 Å². The van der Waals surface area contributed by atoms with Gasteiger partial charge in [-0.3, -0.25) is 14.4 Å². The Labute approximate surface area is 230 Å². The molecule has 0 saturated heterocycles. The second-order valence-corrected chi connectivity index (χ2v) is 9.03. The third-order valence-corrected chi connectivity index (χ3v) is 5.42. The zero-order chi connectivity index (χ0) is 28.9. The minimum absolute atomic E-state index is 0.0272. The molecule has 1 aromatic carbocycles. The predicted octanol–water partition coefficient (Wildman–Crippen LogP) is 2.65. The number of nitrogens with one attached hydrogen (secondary N) is 4. The van der Waals surface area contributed by atoms with Gasteiger partial charge < -0.3 is 35.5 Å². The van der Waals surface area contributed by atoms with Crippen LogP contribution in [0.2, 0.25) is 0 Å². The van der Waals surface area contributed by atoms with Gasteiger partial charge in [-0.05, 0) is 44.4 Å². The molecular formula is C28H42N4O7. The van der Waals surface area contributed by atoms with Crippen molar-refractivity contribution in [3.8, 4) is 0 Å². The number of amides is 3. The summed E-state index contributed by atoms with van der Waals surface area (Å²) in [6.45, 7) is 4.98. The normalized spacial score (nSPS) is 10.9. The molecule has 3 amide bonds. The molecule has 0 heterocycles. The highest BCUT2D eigenvalue weighted by Gasteiger charge is 2.10. The molecule has 4 N–H and O–H groups in total. The van der Waals surface area contributed by atoms with Crippen LogP contribution in [0, 0.1) is 0 Å². The van der Waals surface area contributed by atoms with E-state index >= 15 is 0 Å². The van der Waals surface area contributed by atoms with Crippen LogP contribution in [-0.2, 0) is 35.1 Å². The number of carbonyl (C=O) groups excluding carboxylic acids is 5. The number of ketones is 2. The summed E-state index contributed by atoms with van der Waals surface area (Å²) in [6, 6.07) is 6.89. The quantitative estimate of drug-likeness (QED) is 0.111. The van der Waals surface area contributed by atoms with Gasteiger partial charge in [0.1, 0.15) is 12.2 Å². The molecule has 39 heavy (non-hydrogen) atoms. The van der Waals surface area contributed by atoms with Crippen LogP contribution in [-0.4, -0.2) is 69.4 Å². The van der Waals surface area contributed by atoms with Gasteiger partial charge in [0.2, 0.25) is 11.8 Å². The molecule has 1 aromatic rings. The minimum Gasteiger partial charge on any atom is -0.449 e. The molecule has 0 aliphatic heterocycles. The van der Waals surface area contributed by atoms with Crippen molar-refractivity contribution >= 4 is 35.2 Å². The van der Waals surface area contributed by atoms with E-state index in [-0.39, 0.29) is 44.2 Å². The van der Waals surface area contributed by atoms with Gasteiger partial charge in [0.25, 0.3) is 0 Å². The maximum Gasteiger partial charge on any atom is 0.407 e. The van der Waals surface area contributed by atoms with E-state index in [2.05, 4.69) is 21.3 Å². The van der Waals surface area contributed by atoms with Gasteiger partial charge in [-0.25, -0.2) is 4.79 Å². The Balaban J connectivity index is 2.07. The Morgan fingerprint density at radius 2 is 1.56 bits per heavy atom. The zero-order valence-electron chi connectivity index (χ0n) is 23.2. The Hall–Kier alpha value is -3.73. The topological polar surface area (TPSA) is 152 Å². The number of hydrogen-bond donors (Lipinski definition) is 4. The number of ether oxygens (including phenoxy) is 2. The molecule has 1 rings (SSSR count). The molecule has 0 fully saturated rings.